The molecule has 0 saturated heterocycles. The molecule has 0 aromatic heterocycles. The maximum atomic E-state index is 12.3. The molecule has 4 heteroatoms. The molecule has 0 radical (unpaired) electrons. The molecule has 3 nitrogen and oxygen atoms in total. The number of ether oxygens (including phenoxy) is 1. The third-order valence-electron chi connectivity index (χ3n) is 4.14. The first-order valence-electron chi connectivity index (χ1n) is 6.53. The minimum Gasteiger partial charge on any atom is -0.383 e. The zero-order valence-corrected chi connectivity index (χ0v) is 12.3. The number of rotatable bonds is 5. The van der Waals surface area contributed by atoms with Crippen LogP contribution in [0.3, 0.4) is 0 Å². The van der Waals surface area contributed by atoms with E-state index in [1.165, 1.54) is 25.7 Å². The summed E-state index contributed by atoms with van der Waals surface area (Å²) in [7, 11) is 3.60. The molecule has 0 spiro atoms. The van der Waals surface area contributed by atoms with Gasteiger partial charge in [-0.25, -0.2) is 0 Å². The highest BCUT2D eigenvalue weighted by Crippen LogP contribution is 2.55. The van der Waals surface area contributed by atoms with Crippen LogP contribution in [0.4, 0.5) is 0 Å². The van der Waals surface area contributed by atoms with Crippen molar-refractivity contribution in [1.29, 1.82) is 0 Å². The average molecular weight is 304 g/mol. The van der Waals surface area contributed by atoms with Crippen molar-refractivity contribution in [3.8, 4) is 0 Å². The number of fused-ring (bicyclic) bond motifs is 1. The van der Waals surface area contributed by atoms with Gasteiger partial charge in [-0.2, -0.15) is 0 Å². The smallest absolute Gasteiger partial charge is 0.226 e. The van der Waals surface area contributed by atoms with Crippen molar-refractivity contribution in [2.45, 2.75) is 30.5 Å². The van der Waals surface area contributed by atoms with Crippen LogP contribution >= 0.6 is 15.9 Å². The SMILES string of the molecule is COCC(Br)CN(C)C(=O)C1C2CCCCC21. The van der Waals surface area contributed by atoms with Crippen molar-refractivity contribution in [3.63, 3.8) is 0 Å². The Labute approximate surface area is 112 Å². The Morgan fingerprint density at radius 1 is 1.41 bits per heavy atom. The summed E-state index contributed by atoms with van der Waals surface area (Å²) in [6, 6.07) is 0. The molecular weight excluding hydrogens is 282 g/mol. The predicted octanol–water partition coefficient (Wildman–Crippen LogP) is 2.29. The summed E-state index contributed by atoms with van der Waals surface area (Å²) < 4.78 is 5.07. The van der Waals surface area contributed by atoms with E-state index in [-0.39, 0.29) is 4.83 Å². The zero-order valence-electron chi connectivity index (χ0n) is 10.7. The summed E-state index contributed by atoms with van der Waals surface area (Å²) >= 11 is 3.53. The normalized spacial score (nSPS) is 32.8. The highest BCUT2D eigenvalue weighted by atomic mass is 79.9. The Balaban J connectivity index is 1.80. The van der Waals surface area contributed by atoms with Gasteiger partial charge in [0.2, 0.25) is 5.91 Å². The lowest BCUT2D eigenvalue weighted by molar-refractivity contribution is -0.131. The van der Waals surface area contributed by atoms with E-state index in [4.69, 9.17) is 4.74 Å². The fourth-order valence-corrected chi connectivity index (χ4v) is 3.93. The molecule has 0 N–H and O–H groups in total. The molecule has 1 amide bonds. The van der Waals surface area contributed by atoms with Crippen LogP contribution in [0.1, 0.15) is 25.7 Å². The van der Waals surface area contributed by atoms with E-state index >= 15 is 0 Å². The third-order valence-corrected chi connectivity index (χ3v) is 4.69. The summed E-state index contributed by atoms with van der Waals surface area (Å²) in [6.45, 7) is 1.39. The van der Waals surface area contributed by atoms with Crippen LogP contribution in [-0.4, -0.2) is 42.9 Å². The molecule has 0 aliphatic heterocycles. The Morgan fingerprint density at radius 3 is 2.53 bits per heavy atom. The molecule has 0 bridgehead atoms. The number of carbonyl (C=O) groups excluding carboxylic acids is 1. The van der Waals surface area contributed by atoms with E-state index in [1.54, 1.807) is 7.11 Å². The summed E-state index contributed by atoms with van der Waals surface area (Å²) in [5.41, 5.74) is 0. The van der Waals surface area contributed by atoms with Crippen LogP contribution in [-0.2, 0) is 9.53 Å². The Kier molecular flexibility index (Phi) is 4.47. The first kappa shape index (κ1) is 13.3. The van der Waals surface area contributed by atoms with Gasteiger partial charge in [0.1, 0.15) is 0 Å². The third kappa shape index (κ3) is 3.02. The number of amides is 1. The summed E-state index contributed by atoms with van der Waals surface area (Å²) in [6.07, 6.45) is 5.17. The van der Waals surface area contributed by atoms with E-state index in [1.807, 2.05) is 11.9 Å². The standard InChI is InChI=1S/C13H22BrNO2/c1-15(7-9(14)8-17-2)13(16)12-10-5-3-4-6-11(10)12/h9-12H,3-8H2,1-2H3. The molecule has 2 aliphatic carbocycles. The minimum atomic E-state index is 0.238. The number of nitrogens with zero attached hydrogens (tertiary/aromatic N) is 1. The summed E-state index contributed by atoms with van der Waals surface area (Å²) in [4.78, 5) is 14.4. The maximum absolute atomic E-state index is 12.3. The molecule has 98 valence electrons. The van der Waals surface area contributed by atoms with E-state index in [2.05, 4.69) is 15.9 Å². The molecule has 3 atom stereocenters. The fraction of sp³-hybridized carbons (Fsp3) is 0.923. The number of carbonyl (C=O) groups is 1. The van der Waals surface area contributed by atoms with Crippen molar-refractivity contribution < 1.29 is 9.53 Å². The molecule has 0 aromatic rings. The second-order valence-corrected chi connectivity index (χ2v) is 6.70. The summed E-state index contributed by atoms with van der Waals surface area (Å²) in [5.74, 6) is 2.09. The van der Waals surface area contributed by atoms with Gasteiger partial charge in [-0.1, -0.05) is 28.8 Å². The second kappa shape index (κ2) is 5.70. The van der Waals surface area contributed by atoms with E-state index in [9.17, 15) is 4.79 Å². The number of hydrogen-bond acceptors (Lipinski definition) is 2. The minimum absolute atomic E-state index is 0.238. The van der Waals surface area contributed by atoms with Gasteiger partial charge in [0, 0.05) is 26.6 Å². The lowest BCUT2D eigenvalue weighted by Crippen LogP contribution is -2.35. The first-order chi connectivity index (χ1) is 8.15. The monoisotopic (exact) mass is 303 g/mol. The van der Waals surface area contributed by atoms with Gasteiger partial charge < -0.3 is 9.64 Å². The van der Waals surface area contributed by atoms with Crippen LogP contribution in [0.25, 0.3) is 0 Å². The summed E-state index contributed by atoms with van der Waals surface area (Å²) in [5, 5.41) is 0. The van der Waals surface area contributed by atoms with Crippen LogP contribution in [0.5, 0.6) is 0 Å². The van der Waals surface area contributed by atoms with Crippen molar-refractivity contribution in [2.24, 2.45) is 17.8 Å². The molecular formula is C13H22BrNO2. The van der Waals surface area contributed by atoms with Crippen LogP contribution in [0, 0.1) is 17.8 Å². The van der Waals surface area contributed by atoms with Crippen molar-refractivity contribution in [3.05, 3.63) is 0 Å². The van der Waals surface area contributed by atoms with Crippen LogP contribution in [0.15, 0.2) is 0 Å². The van der Waals surface area contributed by atoms with Gasteiger partial charge in [0.25, 0.3) is 0 Å². The number of alkyl halides is 1. The maximum Gasteiger partial charge on any atom is 0.226 e. The van der Waals surface area contributed by atoms with E-state index < -0.39 is 0 Å². The average Bonchev–Trinajstić information content (AvgIpc) is 3.02. The van der Waals surface area contributed by atoms with Gasteiger partial charge in [-0.3, -0.25) is 4.79 Å². The topological polar surface area (TPSA) is 29.5 Å². The number of methoxy groups -OCH3 is 1. The predicted molar refractivity (Wildman–Crippen MR) is 71.2 cm³/mol. The quantitative estimate of drug-likeness (QED) is 0.729. The first-order valence-corrected chi connectivity index (χ1v) is 7.44. The highest BCUT2D eigenvalue weighted by Gasteiger charge is 2.55. The van der Waals surface area contributed by atoms with Crippen LogP contribution < -0.4 is 0 Å². The lowest BCUT2D eigenvalue weighted by Gasteiger charge is -2.20. The Hall–Kier alpha value is -0.0900. The molecule has 17 heavy (non-hydrogen) atoms. The fourth-order valence-electron chi connectivity index (χ4n) is 3.23. The van der Waals surface area contributed by atoms with E-state index in [0.29, 0.717) is 30.3 Å². The molecule has 0 aromatic carbocycles. The van der Waals surface area contributed by atoms with Gasteiger partial charge in [0.15, 0.2) is 0 Å². The lowest BCUT2D eigenvalue weighted by atomic mass is 10.0. The largest absolute Gasteiger partial charge is 0.383 e. The molecule has 0 heterocycles. The van der Waals surface area contributed by atoms with Crippen molar-refractivity contribution >= 4 is 21.8 Å². The van der Waals surface area contributed by atoms with Gasteiger partial charge in [-0.05, 0) is 24.7 Å². The molecule has 2 saturated carbocycles. The molecule has 2 rings (SSSR count). The Morgan fingerprint density at radius 2 is 2.00 bits per heavy atom. The van der Waals surface area contributed by atoms with Crippen molar-refractivity contribution in [1.82, 2.24) is 4.90 Å². The molecule has 2 aliphatic rings. The second-order valence-electron chi connectivity index (χ2n) is 5.41. The highest BCUT2D eigenvalue weighted by molar-refractivity contribution is 9.09. The van der Waals surface area contributed by atoms with Crippen molar-refractivity contribution in [2.75, 3.05) is 27.3 Å². The Bertz CT molecular complexity index is 273. The molecule has 2 fully saturated rings. The number of halogens is 1. The van der Waals surface area contributed by atoms with Crippen LogP contribution in [0.2, 0.25) is 0 Å². The van der Waals surface area contributed by atoms with Gasteiger partial charge in [0.05, 0.1) is 11.4 Å². The zero-order chi connectivity index (χ0) is 12.4. The van der Waals surface area contributed by atoms with Gasteiger partial charge >= 0.3 is 0 Å². The number of hydrogen-bond donors (Lipinski definition) is 0. The van der Waals surface area contributed by atoms with E-state index in [0.717, 1.165) is 6.54 Å². The molecule has 3 unspecified atom stereocenters. The van der Waals surface area contributed by atoms with Gasteiger partial charge in [-0.15, -0.1) is 0 Å².